The van der Waals surface area contributed by atoms with Crippen LogP contribution in [0.2, 0.25) is 5.02 Å². The summed E-state index contributed by atoms with van der Waals surface area (Å²) >= 11 is 6.04. The number of para-hydroxylation sites is 1. The van der Waals surface area contributed by atoms with Gasteiger partial charge in [-0.25, -0.2) is 8.42 Å². The summed E-state index contributed by atoms with van der Waals surface area (Å²) in [5, 5.41) is 3.40. The Morgan fingerprint density at radius 1 is 1.24 bits per heavy atom. The van der Waals surface area contributed by atoms with E-state index >= 15 is 0 Å². The van der Waals surface area contributed by atoms with E-state index in [-0.39, 0.29) is 24.9 Å². The van der Waals surface area contributed by atoms with E-state index in [2.05, 4.69) is 5.32 Å². The van der Waals surface area contributed by atoms with Gasteiger partial charge in [0.15, 0.2) is 0 Å². The van der Waals surface area contributed by atoms with Crippen molar-refractivity contribution in [3.05, 3.63) is 58.6 Å². The number of nitrogens with one attached hydrogen (secondary N) is 1. The molecule has 0 spiro atoms. The Balaban J connectivity index is 2.00. The van der Waals surface area contributed by atoms with Gasteiger partial charge in [-0.15, -0.1) is 0 Å². The van der Waals surface area contributed by atoms with Gasteiger partial charge in [0, 0.05) is 23.6 Å². The molecular formula is C21H27ClN2O4S. The number of benzene rings is 2. The Morgan fingerprint density at radius 2 is 1.93 bits per heavy atom. The van der Waals surface area contributed by atoms with Crippen LogP contribution in [0.1, 0.15) is 36.9 Å². The molecule has 0 radical (unpaired) electrons. The maximum Gasteiger partial charge on any atom is 0.232 e. The van der Waals surface area contributed by atoms with Crippen LogP contribution in [0.15, 0.2) is 42.5 Å². The first-order valence-electron chi connectivity index (χ1n) is 9.29. The van der Waals surface area contributed by atoms with Gasteiger partial charge in [-0.1, -0.05) is 35.9 Å². The predicted molar refractivity (Wildman–Crippen MR) is 117 cm³/mol. The van der Waals surface area contributed by atoms with Crippen LogP contribution in [-0.2, 0) is 14.8 Å². The monoisotopic (exact) mass is 438 g/mol. The first-order valence-corrected chi connectivity index (χ1v) is 11.5. The Bertz CT molecular complexity index is 963. The number of halogens is 1. The molecule has 2 rings (SSSR count). The lowest BCUT2D eigenvalue weighted by atomic mass is 10.1. The highest BCUT2D eigenvalue weighted by molar-refractivity contribution is 7.92. The molecule has 0 saturated carbocycles. The van der Waals surface area contributed by atoms with Crippen molar-refractivity contribution < 1.29 is 17.9 Å². The molecule has 1 amide bonds. The number of rotatable bonds is 9. The minimum atomic E-state index is -3.50. The lowest BCUT2D eigenvalue weighted by Gasteiger charge is -2.24. The molecule has 6 nitrogen and oxygen atoms in total. The van der Waals surface area contributed by atoms with Crippen molar-refractivity contribution in [2.24, 2.45) is 0 Å². The summed E-state index contributed by atoms with van der Waals surface area (Å²) in [4.78, 5) is 12.4. The molecule has 0 heterocycles. The van der Waals surface area contributed by atoms with Crippen LogP contribution in [0, 0.1) is 6.92 Å². The molecule has 0 bridgehead atoms. The van der Waals surface area contributed by atoms with Crippen molar-refractivity contribution in [1.29, 1.82) is 0 Å². The van der Waals surface area contributed by atoms with Crippen LogP contribution < -0.4 is 14.4 Å². The largest absolute Gasteiger partial charge is 0.496 e. The van der Waals surface area contributed by atoms with Gasteiger partial charge >= 0.3 is 0 Å². The third-order valence-electron chi connectivity index (χ3n) is 4.59. The van der Waals surface area contributed by atoms with Gasteiger partial charge in [-0.05, 0) is 44.0 Å². The molecule has 0 fully saturated rings. The normalized spacial score (nSPS) is 12.3. The molecule has 1 atom stereocenters. The fourth-order valence-electron chi connectivity index (χ4n) is 3.11. The Labute approximate surface area is 177 Å². The van der Waals surface area contributed by atoms with Crippen molar-refractivity contribution in [1.82, 2.24) is 5.32 Å². The molecule has 1 N–H and O–H groups in total. The molecule has 8 heteroatoms. The second-order valence-electron chi connectivity index (χ2n) is 6.90. The number of hydrogen-bond acceptors (Lipinski definition) is 4. The van der Waals surface area contributed by atoms with Gasteiger partial charge < -0.3 is 10.1 Å². The number of sulfonamides is 1. The van der Waals surface area contributed by atoms with Gasteiger partial charge in [0.2, 0.25) is 15.9 Å². The molecular weight excluding hydrogens is 412 g/mol. The fraction of sp³-hybridized carbons (Fsp3) is 0.381. The maximum absolute atomic E-state index is 12.4. The molecule has 29 heavy (non-hydrogen) atoms. The molecule has 0 aliphatic heterocycles. The van der Waals surface area contributed by atoms with Gasteiger partial charge in [0.05, 0.1) is 25.1 Å². The summed E-state index contributed by atoms with van der Waals surface area (Å²) in [5.74, 6) is 0.555. The molecule has 158 valence electrons. The highest BCUT2D eigenvalue weighted by atomic mass is 35.5. The number of anilines is 1. The van der Waals surface area contributed by atoms with Crippen molar-refractivity contribution in [2.75, 3.05) is 24.2 Å². The van der Waals surface area contributed by atoms with E-state index in [1.54, 1.807) is 25.3 Å². The number of carbonyl (C=O) groups is 1. The van der Waals surface area contributed by atoms with E-state index in [1.165, 1.54) is 4.31 Å². The summed E-state index contributed by atoms with van der Waals surface area (Å²) < 4.78 is 31.2. The third kappa shape index (κ3) is 6.37. The lowest BCUT2D eigenvalue weighted by molar-refractivity contribution is -0.121. The smallest absolute Gasteiger partial charge is 0.232 e. The quantitative estimate of drug-likeness (QED) is 0.640. The zero-order chi connectivity index (χ0) is 21.6. The molecule has 2 aromatic carbocycles. The van der Waals surface area contributed by atoms with Crippen LogP contribution >= 0.6 is 11.6 Å². The Kier molecular flexibility index (Phi) is 7.93. The minimum Gasteiger partial charge on any atom is -0.496 e. The number of ether oxygens (including phenoxy) is 1. The number of nitrogens with zero attached hydrogens (tertiary/aromatic N) is 1. The van der Waals surface area contributed by atoms with Gasteiger partial charge in [0.1, 0.15) is 5.75 Å². The van der Waals surface area contributed by atoms with Crippen molar-refractivity contribution >= 4 is 33.2 Å². The number of carbonyl (C=O) groups excluding carboxylic acids is 1. The van der Waals surface area contributed by atoms with E-state index in [0.29, 0.717) is 22.9 Å². The number of hydrogen-bond donors (Lipinski definition) is 1. The molecule has 1 unspecified atom stereocenters. The zero-order valence-electron chi connectivity index (χ0n) is 17.1. The summed E-state index contributed by atoms with van der Waals surface area (Å²) in [6, 6.07) is 12.4. The molecule has 0 aromatic heterocycles. The lowest BCUT2D eigenvalue weighted by Crippen LogP contribution is -2.33. The van der Waals surface area contributed by atoms with Crippen LogP contribution in [0.3, 0.4) is 0 Å². The van der Waals surface area contributed by atoms with Crippen molar-refractivity contribution in [3.8, 4) is 5.75 Å². The van der Waals surface area contributed by atoms with E-state index in [4.69, 9.17) is 16.3 Å². The topological polar surface area (TPSA) is 75.7 Å². The van der Waals surface area contributed by atoms with E-state index in [9.17, 15) is 13.2 Å². The van der Waals surface area contributed by atoms with Gasteiger partial charge in [-0.2, -0.15) is 0 Å². The fourth-order valence-corrected chi connectivity index (χ4v) is 4.30. The standard InChI is InChI=1S/C21H27ClN2O4S/c1-15-11-12-17(22)14-19(15)24(29(4,26)27)13-7-10-21(25)23-16(2)18-8-5-6-9-20(18)28-3/h5-6,8-9,11-12,14,16H,7,10,13H2,1-4H3,(H,23,25). The first kappa shape index (κ1) is 23.0. The predicted octanol–water partition coefficient (Wildman–Crippen LogP) is 4.08. The first-order chi connectivity index (χ1) is 13.6. The Hall–Kier alpha value is -2.25. The highest BCUT2D eigenvalue weighted by Gasteiger charge is 2.20. The average Bonchev–Trinajstić information content (AvgIpc) is 2.66. The van der Waals surface area contributed by atoms with E-state index in [1.807, 2.05) is 38.1 Å². The van der Waals surface area contributed by atoms with Crippen LogP contribution in [0.4, 0.5) is 5.69 Å². The van der Waals surface area contributed by atoms with Gasteiger partial charge in [0.25, 0.3) is 0 Å². The molecule has 0 saturated heterocycles. The molecule has 0 aliphatic rings. The summed E-state index contributed by atoms with van der Waals surface area (Å²) in [7, 11) is -1.92. The van der Waals surface area contributed by atoms with Crippen LogP contribution in [0.5, 0.6) is 5.75 Å². The maximum atomic E-state index is 12.4. The van der Waals surface area contributed by atoms with E-state index < -0.39 is 10.0 Å². The number of amides is 1. The summed E-state index contributed by atoms with van der Waals surface area (Å²) in [5.41, 5.74) is 2.22. The number of methoxy groups -OCH3 is 1. The second kappa shape index (κ2) is 9.98. The van der Waals surface area contributed by atoms with Crippen molar-refractivity contribution in [3.63, 3.8) is 0 Å². The van der Waals surface area contributed by atoms with Crippen molar-refractivity contribution in [2.45, 2.75) is 32.7 Å². The number of aryl methyl sites for hydroxylation is 1. The van der Waals surface area contributed by atoms with Crippen LogP contribution in [-0.4, -0.2) is 34.2 Å². The minimum absolute atomic E-state index is 0.153. The SMILES string of the molecule is COc1ccccc1C(C)NC(=O)CCCN(c1cc(Cl)ccc1C)S(C)(=O)=O. The summed E-state index contributed by atoms with van der Waals surface area (Å²) in [6.07, 6.45) is 1.73. The Morgan fingerprint density at radius 3 is 2.59 bits per heavy atom. The molecule has 2 aromatic rings. The van der Waals surface area contributed by atoms with Gasteiger partial charge in [-0.3, -0.25) is 9.10 Å². The average molecular weight is 439 g/mol. The highest BCUT2D eigenvalue weighted by Crippen LogP contribution is 2.27. The van der Waals surface area contributed by atoms with E-state index in [0.717, 1.165) is 17.4 Å². The summed E-state index contributed by atoms with van der Waals surface area (Å²) in [6.45, 7) is 3.90. The van der Waals surface area contributed by atoms with Crippen LogP contribution in [0.25, 0.3) is 0 Å². The second-order valence-corrected chi connectivity index (χ2v) is 9.24. The molecule has 0 aliphatic carbocycles. The zero-order valence-corrected chi connectivity index (χ0v) is 18.7. The third-order valence-corrected chi connectivity index (χ3v) is 6.00.